The van der Waals surface area contributed by atoms with Crippen LogP contribution in [0.4, 0.5) is 10.6 Å². The van der Waals surface area contributed by atoms with Crippen LogP contribution in [0.1, 0.15) is 49.4 Å². The first-order chi connectivity index (χ1) is 21.5. The molecule has 2 aliphatic heterocycles. The summed E-state index contributed by atoms with van der Waals surface area (Å²) in [4.78, 5) is 34.4. The van der Waals surface area contributed by atoms with Gasteiger partial charge < -0.3 is 28.7 Å². The van der Waals surface area contributed by atoms with Crippen LogP contribution in [0.3, 0.4) is 0 Å². The molecular formula is C36H43N3O6. The van der Waals surface area contributed by atoms with Crippen molar-refractivity contribution >= 4 is 17.9 Å². The van der Waals surface area contributed by atoms with Gasteiger partial charge in [-0.2, -0.15) is 0 Å². The van der Waals surface area contributed by atoms with Gasteiger partial charge >= 0.3 is 12.1 Å². The molecule has 1 saturated heterocycles. The Morgan fingerprint density at radius 1 is 1.04 bits per heavy atom. The predicted molar refractivity (Wildman–Crippen MR) is 171 cm³/mol. The van der Waals surface area contributed by atoms with E-state index in [9.17, 15) is 9.59 Å². The van der Waals surface area contributed by atoms with E-state index in [1.807, 2.05) is 64.1 Å². The van der Waals surface area contributed by atoms with Crippen molar-refractivity contribution in [2.75, 3.05) is 38.8 Å². The molecule has 45 heavy (non-hydrogen) atoms. The zero-order valence-corrected chi connectivity index (χ0v) is 27.1. The Bertz CT molecular complexity index is 1600. The summed E-state index contributed by atoms with van der Waals surface area (Å²) in [6.07, 6.45) is 1.32. The van der Waals surface area contributed by atoms with E-state index in [1.54, 1.807) is 12.0 Å². The van der Waals surface area contributed by atoms with Crippen LogP contribution in [0.25, 0.3) is 11.3 Å². The monoisotopic (exact) mass is 613 g/mol. The third kappa shape index (κ3) is 5.98. The summed E-state index contributed by atoms with van der Waals surface area (Å²) in [7, 11) is 3.13. The molecular weight excluding hydrogens is 570 g/mol. The van der Waals surface area contributed by atoms with Crippen LogP contribution < -0.4 is 9.64 Å². The van der Waals surface area contributed by atoms with Gasteiger partial charge in [0.1, 0.15) is 23.8 Å². The number of methoxy groups -OCH3 is 2. The molecule has 6 rings (SSSR count). The molecule has 2 fully saturated rings. The number of rotatable bonds is 8. The molecule has 1 amide bonds. The Kier molecular flexibility index (Phi) is 8.24. The van der Waals surface area contributed by atoms with E-state index < -0.39 is 11.0 Å². The number of nitrogens with zero attached hydrogens (tertiary/aromatic N) is 3. The lowest BCUT2D eigenvalue weighted by Gasteiger charge is -2.31. The average molecular weight is 614 g/mol. The van der Waals surface area contributed by atoms with Crippen molar-refractivity contribution < 1.29 is 28.5 Å². The quantitative estimate of drug-likeness (QED) is 0.288. The van der Waals surface area contributed by atoms with Crippen LogP contribution in [0.5, 0.6) is 5.75 Å². The maximum absolute atomic E-state index is 12.8. The van der Waals surface area contributed by atoms with Crippen molar-refractivity contribution in [2.24, 2.45) is 11.3 Å². The van der Waals surface area contributed by atoms with Crippen LogP contribution in [0.2, 0.25) is 0 Å². The van der Waals surface area contributed by atoms with Gasteiger partial charge in [0.25, 0.3) is 0 Å². The van der Waals surface area contributed by atoms with Gasteiger partial charge in [-0.25, -0.2) is 9.78 Å². The third-order valence-electron chi connectivity index (χ3n) is 9.26. The molecule has 2 aromatic carbocycles. The summed E-state index contributed by atoms with van der Waals surface area (Å²) in [5.41, 5.74) is 5.14. The topological polar surface area (TPSA) is 90.4 Å². The van der Waals surface area contributed by atoms with Crippen LogP contribution in [0, 0.1) is 18.3 Å². The SMILES string of the molecule is COC[C@H]1N(c2cccc(-c3cccc(C)c3OCc3ccc4c(c3)CCN(C(=O)OC(C)(C)C)C4)n2)C[C@@H]2C[C@@]21C(=O)OC. The van der Waals surface area contributed by atoms with Crippen LogP contribution in [0.15, 0.2) is 54.6 Å². The second kappa shape index (κ2) is 12.0. The van der Waals surface area contributed by atoms with Crippen LogP contribution >= 0.6 is 0 Å². The van der Waals surface area contributed by atoms with Crippen molar-refractivity contribution in [3.63, 3.8) is 0 Å². The summed E-state index contributed by atoms with van der Waals surface area (Å²) < 4.78 is 22.9. The zero-order chi connectivity index (χ0) is 31.9. The number of carbonyl (C=O) groups excluding carboxylic acids is 2. The fraction of sp³-hybridized carbons (Fsp3) is 0.472. The number of carbonyl (C=O) groups is 2. The van der Waals surface area contributed by atoms with Gasteiger partial charge in [-0.15, -0.1) is 0 Å². The van der Waals surface area contributed by atoms with Crippen molar-refractivity contribution in [3.8, 4) is 17.0 Å². The first kappa shape index (κ1) is 30.9. The number of fused-ring (bicyclic) bond motifs is 2. The minimum atomic E-state index is -0.525. The molecule has 1 aromatic heterocycles. The molecule has 3 atom stereocenters. The highest BCUT2D eigenvalue weighted by atomic mass is 16.6. The molecule has 9 heteroatoms. The molecule has 0 N–H and O–H groups in total. The molecule has 238 valence electrons. The van der Waals surface area contributed by atoms with Crippen LogP contribution in [-0.2, 0) is 38.6 Å². The predicted octanol–water partition coefficient (Wildman–Crippen LogP) is 5.94. The average Bonchev–Trinajstić information content (AvgIpc) is 3.66. The molecule has 0 bridgehead atoms. The third-order valence-corrected chi connectivity index (χ3v) is 9.26. The summed E-state index contributed by atoms with van der Waals surface area (Å²) in [5.74, 6) is 1.68. The number of benzene rings is 2. The highest BCUT2D eigenvalue weighted by molar-refractivity contribution is 5.84. The number of ether oxygens (including phenoxy) is 4. The first-order valence-corrected chi connectivity index (χ1v) is 15.7. The number of aromatic nitrogens is 1. The lowest BCUT2D eigenvalue weighted by atomic mass is 9.96. The zero-order valence-electron chi connectivity index (χ0n) is 27.1. The number of esters is 1. The standard InChI is InChI=1S/C36H43N3O6/c1-23-9-7-10-28(29-11-8-12-31(37-29)39-20-27-18-36(27,33(40)43-6)30(39)22-42-5)32(23)44-21-24-13-14-26-19-38(16-15-25(26)17-24)34(41)45-35(2,3)4/h7-14,17,27,30H,15-16,18-22H2,1-6H3/t27-,30+,36+/m0/s1. The van der Waals surface area contributed by atoms with Crippen molar-refractivity contribution in [1.29, 1.82) is 0 Å². The number of piperidine rings is 1. The van der Waals surface area contributed by atoms with Gasteiger partial charge in [0.15, 0.2) is 0 Å². The van der Waals surface area contributed by atoms with E-state index in [4.69, 9.17) is 23.9 Å². The van der Waals surface area contributed by atoms with Crippen molar-refractivity contribution in [2.45, 2.75) is 65.3 Å². The highest BCUT2D eigenvalue weighted by Gasteiger charge is 2.71. The molecule has 0 spiro atoms. The summed E-state index contributed by atoms with van der Waals surface area (Å²) >= 11 is 0. The Balaban J connectivity index is 1.19. The largest absolute Gasteiger partial charge is 0.488 e. The molecule has 3 aromatic rings. The van der Waals surface area contributed by atoms with E-state index in [1.165, 1.54) is 12.7 Å². The van der Waals surface area contributed by atoms with E-state index in [0.29, 0.717) is 26.3 Å². The summed E-state index contributed by atoms with van der Waals surface area (Å²) in [6, 6.07) is 18.3. The number of aryl methyl sites for hydroxylation is 1. The highest BCUT2D eigenvalue weighted by Crippen LogP contribution is 2.62. The molecule has 1 aliphatic carbocycles. The number of amides is 1. The molecule has 3 aliphatic rings. The fourth-order valence-electron chi connectivity index (χ4n) is 6.97. The molecule has 9 nitrogen and oxygen atoms in total. The van der Waals surface area contributed by atoms with Gasteiger partial charge in [-0.1, -0.05) is 36.4 Å². The number of pyridine rings is 1. The van der Waals surface area contributed by atoms with E-state index in [-0.39, 0.29) is 24.0 Å². The van der Waals surface area contributed by atoms with Crippen molar-refractivity contribution in [3.05, 3.63) is 76.9 Å². The number of para-hydroxylation sites is 1. The second-order valence-electron chi connectivity index (χ2n) is 13.4. The molecule has 1 saturated carbocycles. The number of anilines is 1. The Hall–Kier alpha value is -4.11. The van der Waals surface area contributed by atoms with Crippen molar-refractivity contribution in [1.82, 2.24) is 9.88 Å². The molecule has 0 radical (unpaired) electrons. The minimum absolute atomic E-state index is 0.129. The minimum Gasteiger partial charge on any atom is -0.488 e. The van der Waals surface area contributed by atoms with Gasteiger partial charge in [-0.3, -0.25) is 4.79 Å². The van der Waals surface area contributed by atoms with E-state index >= 15 is 0 Å². The van der Waals surface area contributed by atoms with E-state index in [0.717, 1.165) is 58.9 Å². The van der Waals surface area contributed by atoms with Gasteiger partial charge in [0, 0.05) is 32.3 Å². The number of hydrogen-bond acceptors (Lipinski definition) is 8. The van der Waals surface area contributed by atoms with E-state index in [2.05, 4.69) is 23.1 Å². The Morgan fingerprint density at radius 3 is 2.60 bits per heavy atom. The molecule has 3 heterocycles. The second-order valence-corrected chi connectivity index (χ2v) is 13.4. The lowest BCUT2D eigenvalue weighted by molar-refractivity contribution is -0.148. The normalized spacial score (nSPS) is 22.0. The summed E-state index contributed by atoms with van der Waals surface area (Å²) in [6.45, 7) is 10.4. The van der Waals surface area contributed by atoms with Crippen LogP contribution in [-0.4, -0.2) is 67.5 Å². The summed E-state index contributed by atoms with van der Waals surface area (Å²) in [5, 5.41) is 0. The van der Waals surface area contributed by atoms with Gasteiger partial charge in [0.2, 0.25) is 0 Å². The number of hydrogen-bond donors (Lipinski definition) is 0. The maximum atomic E-state index is 12.8. The lowest BCUT2D eigenvalue weighted by Crippen LogP contribution is -2.44. The Morgan fingerprint density at radius 2 is 1.84 bits per heavy atom. The molecule has 0 unspecified atom stereocenters. The maximum Gasteiger partial charge on any atom is 0.410 e. The first-order valence-electron chi connectivity index (χ1n) is 15.7. The van der Waals surface area contributed by atoms with Gasteiger partial charge in [-0.05, 0) is 86.9 Å². The Labute approximate surface area is 265 Å². The fourth-order valence-corrected chi connectivity index (χ4v) is 6.97. The smallest absolute Gasteiger partial charge is 0.410 e. The van der Waals surface area contributed by atoms with Gasteiger partial charge in [0.05, 0.1) is 30.9 Å².